The zero-order valence-electron chi connectivity index (χ0n) is 10.4. The number of likely N-dealkylation sites (N-methyl/N-ethyl adjacent to an activating group) is 1. The third-order valence-corrected chi connectivity index (χ3v) is 2.30. The summed E-state index contributed by atoms with van der Waals surface area (Å²) in [5.41, 5.74) is -0.881. The van der Waals surface area contributed by atoms with Crippen LogP contribution < -0.4 is 5.32 Å². The SMILES string of the molecule is CC(CN(C)C)Nc1c([N+](=O)[O-])ccc(F)c1F. The molecule has 0 radical (unpaired) electrons. The molecule has 1 rings (SSSR count). The number of nitrogens with zero attached hydrogens (tertiary/aromatic N) is 2. The van der Waals surface area contributed by atoms with Crippen LogP contribution in [0.5, 0.6) is 0 Å². The average Bonchev–Trinajstić information content (AvgIpc) is 2.23. The van der Waals surface area contributed by atoms with Gasteiger partial charge in [-0.2, -0.15) is 0 Å². The van der Waals surface area contributed by atoms with Crippen molar-refractivity contribution in [1.29, 1.82) is 0 Å². The minimum Gasteiger partial charge on any atom is -0.373 e. The standard InChI is InChI=1S/C11H15F2N3O2/c1-7(6-15(2)3)14-11-9(16(17)18)5-4-8(12)10(11)13/h4-5,7,14H,6H2,1-3H3. The van der Waals surface area contributed by atoms with E-state index in [2.05, 4.69) is 5.32 Å². The first-order chi connectivity index (χ1) is 8.32. The van der Waals surface area contributed by atoms with Crippen LogP contribution >= 0.6 is 0 Å². The van der Waals surface area contributed by atoms with Gasteiger partial charge in [0.2, 0.25) is 0 Å². The van der Waals surface area contributed by atoms with E-state index in [4.69, 9.17) is 0 Å². The Hall–Kier alpha value is -1.76. The number of hydrogen-bond donors (Lipinski definition) is 1. The Morgan fingerprint density at radius 1 is 1.44 bits per heavy atom. The molecule has 0 saturated carbocycles. The molecule has 0 heterocycles. The van der Waals surface area contributed by atoms with Crippen LogP contribution in [0, 0.1) is 21.7 Å². The van der Waals surface area contributed by atoms with Crippen molar-refractivity contribution in [3.8, 4) is 0 Å². The Balaban J connectivity index is 3.05. The first-order valence-corrected chi connectivity index (χ1v) is 5.36. The molecule has 18 heavy (non-hydrogen) atoms. The number of nitro benzene ring substituents is 1. The second kappa shape index (κ2) is 5.72. The Labute approximate surface area is 104 Å². The van der Waals surface area contributed by atoms with Crippen LogP contribution in [0.4, 0.5) is 20.2 Å². The lowest BCUT2D eigenvalue weighted by molar-refractivity contribution is -0.384. The fraction of sp³-hybridized carbons (Fsp3) is 0.455. The molecule has 0 saturated heterocycles. The van der Waals surface area contributed by atoms with Crippen LogP contribution in [0.3, 0.4) is 0 Å². The quantitative estimate of drug-likeness (QED) is 0.650. The third kappa shape index (κ3) is 3.36. The summed E-state index contributed by atoms with van der Waals surface area (Å²) in [6, 6.07) is 1.44. The molecule has 1 aromatic carbocycles. The normalized spacial score (nSPS) is 12.6. The van der Waals surface area contributed by atoms with Crippen LogP contribution in [0.2, 0.25) is 0 Å². The predicted octanol–water partition coefficient (Wildman–Crippen LogP) is 2.24. The number of nitrogens with one attached hydrogen (secondary N) is 1. The third-order valence-electron chi connectivity index (χ3n) is 2.30. The molecule has 0 aliphatic heterocycles. The van der Waals surface area contributed by atoms with Gasteiger partial charge in [-0.25, -0.2) is 8.78 Å². The Morgan fingerprint density at radius 3 is 2.56 bits per heavy atom. The van der Waals surface area contributed by atoms with Gasteiger partial charge in [0.1, 0.15) is 0 Å². The van der Waals surface area contributed by atoms with E-state index < -0.39 is 27.9 Å². The van der Waals surface area contributed by atoms with E-state index in [0.29, 0.717) is 6.54 Å². The van der Waals surface area contributed by atoms with Crippen molar-refractivity contribution in [3.05, 3.63) is 33.9 Å². The molecule has 0 aliphatic rings. The van der Waals surface area contributed by atoms with Gasteiger partial charge in [-0.05, 0) is 27.1 Å². The van der Waals surface area contributed by atoms with E-state index in [9.17, 15) is 18.9 Å². The van der Waals surface area contributed by atoms with Gasteiger partial charge in [-0.1, -0.05) is 0 Å². The maximum atomic E-state index is 13.6. The summed E-state index contributed by atoms with van der Waals surface area (Å²) in [5.74, 6) is -2.34. The number of anilines is 1. The molecule has 0 aromatic heterocycles. The predicted molar refractivity (Wildman–Crippen MR) is 64.7 cm³/mol. The van der Waals surface area contributed by atoms with Crippen molar-refractivity contribution in [2.75, 3.05) is 26.0 Å². The highest BCUT2D eigenvalue weighted by molar-refractivity contribution is 5.63. The summed E-state index contributed by atoms with van der Waals surface area (Å²) < 4.78 is 26.7. The van der Waals surface area contributed by atoms with E-state index in [1.165, 1.54) is 0 Å². The first-order valence-electron chi connectivity index (χ1n) is 5.36. The van der Waals surface area contributed by atoms with Crippen LogP contribution in [0.1, 0.15) is 6.92 Å². The molecule has 1 unspecified atom stereocenters. The highest BCUT2D eigenvalue weighted by atomic mass is 19.2. The molecule has 1 N–H and O–H groups in total. The van der Waals surface area contributed by atoms with E-state index >= 15 is 0 Å². The summed E-state index contributed by atoms with van der Waals surface area (Å²) in [5, 5.41) is 13.4. The molecule has 0 bridgehead atoms. The van der Waals surface area contributed by atoms with Crippen molar-refractivity contribution in [3.63, 3.8) is 0 Å². The number of halogens is 2. The lowest BCUT2D eigenvalue weighted by atomic mass is 10.2. The highest BCUT2D eigenvalue weighted by Crippen LogP contribution is 2.29. The van der Waals surface area contributed by atoms with Crippen LogP contribution in [-0.2, 0) is 0 Å². The molecule has 100 valence electrons. The minimum absolute atomic E-state index is 0.255. The fourth-order valence-corrected chi connectivity index (χ4v) is 1.67. The van der Waals surface area contributed by atoms with Gasteiger partial charge in [0, 0.05) is 18.7 Å². The number of rotatable bonds is 5. The summed E-state index contributed by atoms with van der Waals surface area (Å²) >= 11 is 0. The van der Waals surface area contributed by atoms with Crippen molar-refractivity contribution in [2.45, 2.75) is 13.0 Å². The molecule has 0 aliphatic carbocycles. The number of hydrogen-bond acceptors (Lipinski definition) is 4. The monoisotopic (exact) mass is 259 g/mol. The van der Waals surface area contributed by atoms with Crippen LogP contribution in [0.15, 0.2) is 12.1 Å². The molecule has 1 atom stereocenters. The minimum atomic E-state index is -1.23. The highest BCUT2D eigenvalue weighted by Gasteiger charge is 2.22. The molecule has 5 nitrogen and oxygen atoms in total. The summed E-state index contributed by atoms with van der Waals surface area (Å²) in [6.07, 6.45) is 0. The van der Waals surface area contributed by atoms with Crippen molar-refractivity contribution in [1.82, 2.24) is 4.90 Å². The average molecular weight is 259 g/mol. The van der Waals surface area contributed by atoms with Crippen molar-refractivity contribution >= 4 is 11.4 Å². The molecule has 0 amide bonds. The molecule has 0 fully saturated rings. The fourth-order valence-electron chi connectivity index (χ4n) is 1.67. The topological polar surface area (TPSA) is 58.4 Å². The van der Waals surface area contributed by atoms with Gasteiger partial charge >= 0.3 is 0 Å². The molecule has 7 heteroatoms. The molecular weight excluding hydrogens is 244 g/mol. The second-order valence-corrected chi connectivity index (χ2v) is 4.32. The molecule has 1 aromatic rings. The van der Waals surface area contributed by atoms with Gasteiger partial charge in [0.25, 0.3) is 5.69 Å². The second-order valence-electron chi connectivity index (χ2n) is 4.32. The summed E-state index contributed by atoms with van der Waals surface area (Å²) in [7, 11) is 3.63. The maximum Gasteiger partial charge on any atom is 0.295 e. The van der Waals surface area contributed by atoms with E-state index in [0.717, 1.165) is 12.1 Å². The van der Waals surface area contributed by atoms with Gasteiger partial charge in [0.15, 0.2) is 17.3 Å². The van der Waals surface area contributed by atoms with Gasteiger partial charge in [0.05, 0.1) is 4.92 Å². The maximum absolute atomic E-state index is 13.6. The smallest absolute Gasteiger partial charge is 0.295 e. The molecular formula is C11H15F2N3O2. The van der Waals surface area contributed by atoms with Gasteiger partial charge < -0.3 is 10.2 Å². The van der Waals surface area contributed by atoms with E-state index in [1.807, 2.05) is 19.0 Å². The Kier molecular flexibility index (Phi) is 4.55. The lowest BCUT2D eigenvalue weighted by Crippen LogP contribution is -2.30. The molecule has 0 spiro atoms. The van der Waals surface area contributed by atoms with Gasteiger partial charge in [-0.3, -0.25) is 10.1 Å². The summed E-state index contributed by atoms with van der Waals surface area (Å²) in [6.45, 7) is 2.27. The summed E-state index contributed by atoms with van der Waals surface area (Å²) in [4.78, 5) is 11.8. The van der Waals surface area contributed by atoms with Crippen molar-refractivity contribution < 1.29 is 13.7 Å². The van der Waals surface area contributed by atoms with E-state index in [-0.39, 0.29) is 6.04 Å². The van der Waals surface area contributed by atoms with Crippen molar-refractivity contribution in [2.24, 2.45) is 0 Å². The first kappa shape index (κ1) is 14.3. The zero-order valence-corrected chi connectivity index (χ0v) is 10.4. The lowest BCUT2D eigenvalue weighted by Gasteiger charge is -2.19. The van der Waals surface area contributed by atoms with Crippen LogP contribution in [-0.4, -0.2) is 36.5 Å². The van der Waals surface area contributed by atoms with Gasteiger partial charge in [-0.15, -0.1) is 0 Å². The number of nitro groups is 1. The number of benzene rings is 1. The Bertz CT molecular complexity index is 452. The largest absolute Gasteiger partial charge is 0.373 e. The van der Waals surface area contributed by atoms with E-state index in [1.54, 1.807) is 6.92 Å². The Morgan fingerprint density at radius 2 is 2.06 bits per heavy atom. The van der Waals surface area contributed by atoms with Crippen LogP contribution in [0.25, 0.3) is 0 Å². The zero-order chi connectivity index (χ0) is 13.9.